The van der Waals surface area contributed by atoms with E-state index in [0.29, 0.717) is 13.1 Å². The lowest BCUT2D eigenvalue weighted by molar-refractivity contribution is -0.131. The Bertz CT molecular complexity index is 673. The lowest BCUT2D eigenvalue weighted by Crippen LogP contribution is -2.45. The van der Waals surface area contributed by atoms with E-state index in [1.807, 2.05) is 49.9 Å². The van der Waals surface area contributed by atoms with E-state index in [9.17, 15) is 4.79 Å². The van der Waals surface area contributed by atoms with Gasteiger partial charge in [0.1, 0.15) is 5.82 Å². The summed E-state index contributed by atoms with van der Waals surface area (Å²) in [5, 5.41) is 3.29. The number of piperazine rings is 1. The van der Waals surface area contributed by atoms with Crippen LogP contribution in [0.4, 0.5) is 5.82 Å². The summed E-state index contributed by atoms with van der Waals surface area (Å²) in [6.07, 6.45) is 1.86. The normalized spacial score (nSPS) is 14.8. The Labute approximate surface area is 198 Å². The first-order valence-electron chi connectivity index (χ1n) is 10.6. The number of aliphatic imine (C=N–C) groups is 1. The molecule has 0 aromatic carbocycles. The zero-order valence-corrected chi connectivity index (χ0v) is 21.4. The summed E-state index contributed by atoms with van der Waals surface area (Å²) in [7, 11) is 4.06. The SMILES string of the molecule is CCNC(=NCc1ccnc(N2CCN(C)CC2)c1)N(C)CC(=O)N(CC)CC.I. The number of pyridine rings is 1. The molecule has 1 N–H and O–H groups in total. The van der Waals surface area contributed by atoms with Crippen molar-refractivity contribution in [1.29, 1.82) is 0 Å². The van der Waals surface area contributed by atoms with E-state index in [4.69, 9.17) is 4.99 Å². The minimum absolute atomic E-state index is 0. The van der Waals surface area contributed by atoms with Crippen LogP contribution in [-0.2, 0) is 11.3 Å². The van der Waals surface area contributed by atoms with Crippen molar-refractivity contribution in [3.05, 3.63) is 23.9 Å². The Morgan fingerprint density at radius 1 is 1.20 bits per heavy atom. The van der Waals surface area contributed by atoms with Crippen LogP contribution in [0.15, 0.2) is 23.3 Å². The van der Waals surface area contributed by atoms with E-state index in [-0.39, 0.29) is 29.9 Å². The number of halogens is 1. The van der Waals surface area contributed by atoms with Crippen LogP contribution in [0.25, 0.3) is 0 Å². The highest BCUT2D eigenvalue weighted by atomic mass is 127. The monoisotopic (exact) mass is 531 g/mol. The molecule has 0 radical (unpaired) electrons. The van der Waals surface area contributed by atoms with Crippen molar-refractivity contribution in [1.82, 2.24) is 25.0 Å². The lowest BCUT2D eigenvalue weighted by atomic mass is 10.2. The number of carbonyl (C=O) groups excluding carboxylic acids is 1. The van der Waals surface area contributed by atoms with E-state index >= 15 is 0 Å². The molecule has 0 unspecified atom stereocenters. The molecule has 1 aromatic heterocycles. The van der Waals surface area contributed by atoms with Crippen molar-refractivity contribution < 1.29 is 4.79 Å². The molecule has 8 nitrogen and oxygen atoms in total. The smallest absolute Gasteiger partial charge is 0.242 e. The van der Waals surface area contributed by atoms with Gasteiger partial charge in [-0.3, -0.25) is 4.79 Å². The number of aromatic nitrogens is 1. The van der Waals surface area contributed by atoms with Crippen molar-refractivity contribution in [3.8, 4) is 0 Å². The Morgan fingerprint density at radius 2 is 1.87 bits per heavy atom. The second-order valence-corrected chi connectivity index (χ2v) is 7.40. The number of likely N-dealkylation sites (N-methyl/N-ethyl adjacent to an activating group) is 3. The molecule has 1 aliphatic rings. The largest absolute Gasteiger partial charge is 0.357 e. The van der Waals surface area contributed by atoms with Crippen LogP contribution in [-0.4, -0.2) is 98.0 Å². The highest BCUT2D eigenvalue weighted by Gasteiger charge is 2.16. The number of amides is 1. The molecule has 30 heavy (non-hydrogen) atoms. The zero-order chi connectivity index (χ0) is 21.2. The second kappa shape index (κ2) is 13.6. The maximum Gasteiger partial charge on any atom is 0.242 e. The van der Waals surface area contributed by atoms with Crippen molar-refractivity contribution >= 4 is 41.7 Å². The van der Waals surface area contributed by atoms with E-state index in [2.05, 4.69) is 33.2 Å². The van der Waals surface area contributed by atoms with Crippen LogP contribution < -0.4 is 10.2 Å². The van der Waals surface area contributed by atoms with Gasteiger partial charge in [-0.2, -0.15) is 0 Å². The highest BCUT2D eigenvalue weighted by Crippen LogP contribution is 2.15. The number of nitrogens with one attached hydrogen (secondary N) is 1. The number of nitrogens with zero attached hydrogens (tertiary/aromatic N) is 6. The zero-order valence-electron chi connectivity index (χ0n) is 19.1. The fourth-order valence-electron chi connectivity index (χ4n) is 3.36. The second-order valence-electron chi connectivity index (χ2n) is 7.40. The van der Waals surface area contributed by atoms with Crippen LogP contribution in [0.1, 0.15) is 26.3 Å². The molecule has 2 heterocycles. The van der Waals surface area contributed by atoms with Gasteiger partial charge in [-0.15, -0.1) is 24.0 Å². The Morgan fingerprint density at radius 3 is 2.47 bits per heavy atom. The number of rotatable bonds is 8. The van der Waals surface area contributed by atoms with Gasteiger partial charge in [0, 0.05) is 59.1 Å². The molecule has 0 bridgehead atoms. The number of carbonyl (C=O) groups is 1. The van der Waals surface area contributed by atoms with Crippen LogP contribution in [0.3, 0.4) is 0 Å². The molecule has 0 saturated carbocycles. The number of hydrogen-bond donors (Lipinski definition) is 1. The summed E-state index contributed by atoms with van der Waals surface area (Å²) in [4.78, 5) is 30.1. The molecule has 0 aliphatic carbocycles. The topological polar surface area (TPSA) is 67.3 Å². The number of guanidine groups is 1. The summed E-state index contributed by atoms with van der Waals surface area (Å²) in [5.74, 6) is 1.87. The molecule has 1 aromatic rings. The van der Waals surface area contributed by atoms with Gasteiger partial charge in [-0.05, 0) is 45.5 Å². The molecule has 1 saturated heterocycles. The minimum Gasteiger partial charge on any atom is -0.357 e. The average Bonchev–Trinajstić information content (AvgIpc) is 2.72. The first-order valence-corrected chi connectivity index (χ1v) is 10.6. The lowest BCUT2D eigenvalue weighted by Gasteiger charge is -2.33. The van der Waals surface area contributed by atoms with Gasteiger partial charge in [0.25, 0.3) is 0 Å². The van der Waals surface area contributed by atoms with E-state index in [1.54, 1.807) is 0 Å². The highest BCUT2D eigenvalue weighted by molar-refractivity contribution is 14.0. The van der Waals surface area contributed by atoms with Gasteiger partial charge < -0.3 is 24.9 Å². The van der Waals surface area contributed by atoms with Crippen LogP contribution in [0.5, 0.6) is 0 Å². The van der Waals surface area contributed by atoms with E-state index in [0.717, 1.165) is 63.2 Å². The Balaban J connectivity index is 0.00000450. The van der Waals surface area contributed by atoms with Crippen LogP contribution in [0.2, 0.25) is 0 Å². The molecule has 1 aliphatic heterocycles. The van der Waals surface area contributed by atoms with Crippen LogP contribution >= 0.6 is 24.0 Å². The maximum atomic E-state index is 12.4. The van der Waals surface area contributed by atoms with Crippen molar-refractivity contribution in [3.63, 3.8) is 0 Å². The third kappa shape index (κ3) is 7.90. The molecule has 0 atom stereocenters. The maximum absolute atomic E-state index is 12.4. The average molecular weight is 531 g/mol. The molecule has 1 fully saturated rings. The van der Waals surface area contributed by atoms with Crippen molar-refractivity contribution in [2.75, 3.05) is 71.4 Å². The number of hydrogen-bond acceptors (Lipinski definition) is 5. The summed E-state index contributed by atoms with van der Waals surface area (Å²) in [6.45, 7) is 13.2. The Kier molecular flexibility index (Phi) is 12.0. The van der Waals surface area contributed by atoms with Gasteiger partial charge in [0.05, 0.1) is 13.1 Å². The van der Waals surface area contributed by atoms with Gasteiger partial charge in [0.15, 0.2) is 5.96 Å². The third-order valence-electron chi connectivity index (χ3n) is 5.23. The first kappa shape index (κ1) is 26.4. The van der Waals surface area contributed by atoms with Gasteiger partial charge in [-0.25, -0.2) is 9.98 Å². The summed E-state index contributed by atoms with van der Waals surface area (Å²) < 4.78 is 0. The standard InChI is InChI=1S/C21H37N7O.HI/c1-6-22-21(26(5)17-20(29)27(7-2)8-3)24-16-18-9-10-23-19(15-18)28-13-11-25(4)12-14-28;/h9-10,15H,6-8,11-14,16-17H2,1-5H3,(H,22,24);1H. The fourth-order valence-corrected chi connectivity index (χ4v) is 3.36. The molecule has 170 valence electrons. The van der Waals surface area contributed by atoms with Gasteiger partial charge in [0.2, 0.25) is 5.91 Å². The number of anilines is 1. The van der Waals surface area contributed by atoms with Gasteiger partial charge in [-0.1, -0.05) is 0 Å². The van der Waals surface area contributed by atoms with Gasteiger partial charge >= 0.3 is 0 Å². The molecule has 1 amide bonds. The first-order chi connectivity index (χ1) is 14.0. The summed E-state index contributed by atoms with van der Waals surface area (Å²) in [6, 6.07) is 4.13. The predicted molar refractivity (Wildman–Crippen MR) is 135 cm³/mol. The van der Waals surface area contributed by atoms with Crippen LogP contribution in [0, 0.1) is 0 Å². The summed E-state index contributed by atoms with van der Waals surface area (Å²) in [5.41, 5.74) is 1.12. The minimum atomic E-state index is 0. The van der Waals surface area contributed by atoms with Crippen molar-refractivity contribution in [2.24, 2.45) is 4.99 Å². The quantitative estimate of drug-likeness (QED) is 0.313. The Hall–Kier alpha value is -1.62. The van der Waals surface area contributed by atoms with Crippen molar-refractivity contribution in [2.45, 2.75) is 27.3 Å². The van der Waals surface area contributed by atoms with E-state index < -0.39 is 0 Å². The molecular formula is C21H38IN7O. The summed E-state index contributed by atoms with van der Waals surface area (Å²) >= 11 is 0. The molecule has 9 heteroatoms. The third-order valence-corrected chi connectivity index (χ3v) is 5.23. The molecule has 2 rings (SSSR count). The van der Waals surface area contributed by atoms with E-state index in [1.165, 1.54) is 0 Å². The molecular weight excluding hydrogens is 493 g/mol. The predicted octanol–water partition coefficient (Wildman–Crippen LogP) is 1.72. The fraction of sp³-hybridized carbons (Fsp3) is 0.667. The molecule has 0 spiro atoms.